The van der Waals surface area contributed by atoms with Gasteiger partial charge in [0.2, 0.25) is 0 Å². The number of hydrogen-bond acceptors (Lipinski definition) is 4. The lowest BCUT2D eigenvalue weighted by molar-refractivity contribution is 0.165. The topological polar surface area (TPSA) is 86.0 Å². The van der Waals surface area contributed by atoms with Crippen molar-refractivity contribution in [2.75, 3.05) is 19.0 Å². The van der Waals surface area contributed by atoms with Gasteiger partial charge in [0.1, 0.15) is 5.82 Å². The first-order chi connectivity index (χ1) is 12.2. The van der Waals surface area contributed by atoms with Crippen LogP contribution in [-0.4, -0.2) is 39.3 Å². The van der Waals surface area contributed by atoms with Crippen molar-refractivity contribution in [3.05, 3.63) is 30.2 Å². The van der Waals surface area contributed by atoms with Crippen molar-refractivity contribution in [1.29, 1.82) is 0 Å². The van der Waals surface area contributed by atoms with Gasteiger partial charge in [-0.25, -0.2) is 9.48 Å². The summed E-state index contributed by atoms with van der Waals surface area (Å²) in [5.74, 6) is 0.727. The third-order valence-electron chi connectivity index (χ3n) is 4.69. The van der Waals surface area contributed by atoms with Gasteiger partial charge in [0.25, 0.3) is 0 Å². The molecule has 0 saturated heterocycles. The molecule has 8 nitrogen and oxygen atoms in total. The van der Waals surface area contributed by atoms with Crippen LogP contribution in [0.15, 0.2) is 24.5 Å². The number of rotatable bonds is 6. The van der Waals surface area contributed by atoms with Gasteiger partial charge in [-0.1, -0.05) is 19.3 Å². The fraction of sp³-hybridized carbons (Fsp3) is 0.588. The van der Waals surface area contributed by atoms with Gasteiger partial charge in [0, 0.05) is 26.4 Å². The molecule has 2 heterocycles. The van der Waals surface area contributed by atoms with Crippen LogP contribution in [0, 0.1) is 0 Å². The molecule has 136 valence electrons. The standard InChI is InChI=1S/C17H26N6O2/c1-22-15(8-10-18-22)14(12-25-2)20-17(24)21-16-9-11-19-23(16)13-6-4-3-5-7-13/h8-11,13-14H,3-7,12H2,1-2H3,(H2,20,21,24). The number of urea groups is 1. The highest BCUT2D eigenvalue weighted by molar-refractivity contribution is 5.88. The Hall–Kier alpha value is -2.35. The first-order valence-electron chi connectivity index (χ1n) is 8.77. The van der Waals surface area contributed by atoms with Gasteiger partial charge >= 0.3 is 6.03 Å². The Kier molecular flexibility index (Phi) is 5.70. The van der Waals surface area contributed by atoms with Gasteiger partial charge < -0.3 is 10.1 Å². The van der Waals surface area contributed by atoms with Crippen LogP contribution in [0.3, 0.4) is 0 Å². The zero-order chi connectivity index (χ0) is 17.6. The van der Waals surface area contributed by atoms with Crippen LogP contribution in [0.4, 0.5) is 10.6 Å². The van der Waals surface area contributed by atoms with Crippen molar-refractivity contribution in [3.8, 4) is 0 Å². The molecular weight excluding hydrogens is 320 g/mol. The molecule has 8 heteroatoms. The molecule has 1 fully saturated rings. The van der Waals surface area contributed by atoms with Crippen molar-refractivity contribution in [3.63, 3.8) is 0 Å². The first kappa shape index (κ1) is 17.5. The molecule has 2 aromatic heterocycles. The van der Waals surface area contributed by atoms with E-state index in [1.54, 1.807) is 24.2 Å². The summed E-state index contributed by atoms with van der Waals surface area (Å²) in [6, 6.07) is 3.52. The maximum atomic E-state index is 12.5. The molecule has 1 unspecified atom stereocenters. The maximum absolute atomic E-state index is 12.5. The molecule has 2 N–H and O–H groups in total. The number of methoxy groups -OCH3 is 1. The van der Waals surface area contributed by atoms with Crippen LogP contribution >= 0.6 is 0 Å². The fourth-order valence-corrected chi connectivity index (χ4v) is 3.43. The molecule has 0 aromatic carbocycles. The van der Waals surface area contributed by atoms with E-state index < -0.39 is 0 Å². The molecule has 1 aliphatic carbocycles. The number of carbonyl (C=O) groups is 1. The lowest BCUT2D eigenvalue weighted by Gasteiger charge is -2.24. The molecular formula is C17H26N6O2. The van der Waals surface area contributed by atoms with Crippen molar-refractivity contribution in [2.24, 2.45) is 7.05 Å². The SMILES string of the molecule is COCC(NC(=O)Nc1ccnn1C1CCCCC1)c1ccnn1C. The summed E-state index contributed by atoms with van der Waals surface area (Å²) < 4.78 is 8.91. The zero-order valence-corrected chi connectivity index (χ0v) is 14.8. The van der Waals surface area contributed by atoms with Gasteiger partial charge in [-0.2, -0.15) is 10.2 Å². The normalized spacial score (nSPS) is 16.6. The highest BCUT2D eigenvalue weighted by Crippen LogP contribution is 2.29. The van der Waals surface area contributed by atoms with Crippen LogP contribution in [-0.2, 0) is 11.8 Å². The number of hydrogen-bond donors (Lipinski definition) is 2. The molecule has 0 spiro atoms. The second-order valence-corrected chi connectivity index (χ2v) is 6.44. The third kappa shape index (κ3) is 4.19. The number of aromatic nitrogens is 4. The fourth-order valence-electron chi connectivity index (χ4n) is 3.43. The Morgan fingerprint density at radius 1 is 1.28 bits per heavy atom. The van der Waals surface area contributed by atoms with Gasteiger partial charge in [0.15, 0.2) is 0 Å². The maximum Gasteiger partial charge on any atom is 0.321 e. The number of anilines is 1. The molecule has 2 amide bonds. The smallest absolute Gasteiger partial charge is 0.321 e. The summed E-state index contributed by atoms with van der Waals surface area (Å²) in [4.78, 5) is 12.5. The molecule has 1 atom stereocenters. The predicted molar refractivity (Wildman–Crippen MR) is 94.3 cm³/mol. The molecule has 0 radical (unpaired) electrons. The minimum Gasteiger partial charge on any atom is -0.382 e. The van der Waals surface area contributed by atoms with E-state index >= 15 is 0 Å². The average Bonchev–Trinajstić information content (AvgIpc) is 3.24. The van der Waals surface area contributed by atoms with Crippen LogP contribution in [0.1, 0.15) is 49.9 Å². The molecule has 3 rings (SSSR count). The Balaban J connectivity index is 1.66. The third-order valence-corrected chi connectivity index (χ3v) is 4.69. The summed E-state index contributed by atoms with van der Waals surface area (Å²) in [6.45, 7) is 0.370. The highest BCUT2D eigenvalue weighted by Gasteiger charge is 2.21. The van der Waals surface area contributed by atoms with E-state index in [0.717, 1.165) is 24.4 Å². The first-order valence-corrected chi connectivity index (χ1v) is 8.77. The number of aryl methyl sites for hydroxylation is 1. The van der Waals surface area contributed by atoms with E-state index in [0.29, 0.717) is 12.6 Å². The summed E-state index contributed by atoms with van der Waals surface area (Å²) in [6.07, 6.45) is 9.37. The molecule has 1 aliphatic rings. The molecule has 2 aromatic rings. The Bertz CT molecular complexity index is 689. The van der Waals surface area contributed by atoms with E-state index in [-0.39, 0.29) is 12.1 Å². The van der Waals surface area contributed by atoms with E-state index in [1.165, 1.54) is 19.3 Å². The molecule has 0 aliphatic heterocycles. The van der Waals surface area contributed by atoms with Gasteiger partial charge in [-0.15, -0.1) is 0 Å². The summed E-state index contributed by atoms with van der Waals surface area (Å²) in [5.41, 5.74) is 0.887. The monoisotopic (exact) mass is 346 g/mol. The van der Waals surface area contributed by atoms with Crippen LogP contribution in [0.2, 0.25) is 0 Å². The number of carbonyl (C=O) groups excluding carboxylic acids is 1. The van der Waals surface area contributed by atoms with E-state index in [2.05, 4.69) is 20.8 Å². The molecule has 25 heavy (non-hydrogen) atoms. The van der Waals surface area contributed by atoms with Crippen LogP contribution in [0.5, 0.6) is 0 Å². The predicted octanol–water partition coefficient (Wildman–Crippen LogP) is 2.63. The number of nitrogens with one attached hydrogen (secondary N) is 2. The van der Waals surface area contributed by atoms with Gasteiger partial charge in [-0.3, -0.25) is 10.00 Å². The molecule has 0 bridgehead atoms. The van der Waals surface area contributed by atoms with Crippen molar-refractivity contribution >= 4 is 11.8 Å². The second kappa shape index (κ2) is 8.15. The quantitative estimate of drug-likeness (QED) is 0.842. The Morgan fingerprint density at radius 2 is 2.04 bits per heavy atom. The zero-order valence-electron chi connectivity index (χ0n) is 14.8. The average molecular weight is 346 g/mol. The lowest BCUT2D eigenvalue weighted by atomic mass is 9.96. The number of ether oxygens (including phenoxy) is 1. The van der Waals surface area contributed by atoms with Crippen LogP contribution < -0.4 is 10.6 Å². The summed E-state index contributed by atoms with van der Waals surface area (Å²) in [7, 11) is 3.46. The summed E-state index contributed by atoms with van der Waals surface area (Å²) in [5, 5.41) is 14.4. The Labute approximate surface area is 147 Å². The van der Waals surface area contributed by atoms with Crippen LogP contribution in [0.25, 0.3) is 0 Å². The summed E-state index contributed by atoms with van der Waals surface area (Å²) >= 11 is 0. The Morgan fingerprint density at radius 3 is 2.72 bits per heavy atom. The van der Waals surface area contributed by atoms with Crippen molar-refractivity contribution < 1.29 is 9.53 Å². The minimum atomic E-state index is -0.277. The number of nitrogens with zero attached hydrogens (tertiary/aromatic N) is 4. The molecule has 1 saturated carbocycles. The van der Waals surface area contributed by atoms with Crippen molar-refractivity contribution in [2.45, 2.75) is 44.2 Å². The van der Waals surface area contributed by atoms with E-state index in [9.17, 15) is 4.79 Å². The van der Waals surface area contributed by atoms with Gasteiger partial charge in [-0.05, 0) is 18.9 Å². The highest BCUT2D eigenvalue weighted by atomic mass is 16.5. The van der Waals surface area contributed by atoms with Crippen molar-refractivity contribution in [1.82, 2.24) is 24.9 Å². The largest absolute Gasteiger partial charge is 0.382 e. The lowest BCUT2D eigenvalue weighted by Crippen LogP contribution is -2.36. The van der Waals surface area contributed by atoms with E-state index in [1.807, 2.05) is 23.9 Å². The second-order valence-electron chi connectivity index (χ2n) is 6.44. The minimum absolute atomic E-state index is 0.274. The van der Waals surface area contributed by atoms with Gasteiger partial charge in [0.05, 0.1) is 30.6 Å². The number of amides is 2. The van der Waals surface area contributed by atoms with E-state index in [4.69, 9.17) is 4.74 Å².